The van der Waals surface area contributed by atoms with Crippen molar-refractivity contribution in [2.24, 2.45) is 5.73 Å². The van der Waals surface area contributed by atoms with E-state index in [1.165, 1.54) is 12.1 Å². The standard InChI is InChI=1S/C14H18F3NO/c15-14(16,17)19-11-6-4-5-10(9-11)12-7-2-1-3-8-13(12)18/h4-6,9,12-13H,1-3,7-8,18H2. The van der Waals surface area contributed by atoms with Crippen LogP contribution in [-0.4, -0.2) is 12.4 Å². The molecule has 1 fully saturated rings. The summed E-state index contributed by atoms with van der Waals surface area (Å²) in [4.78, 5) is 0. The van der Waals surface area contributed by atoms with Gasteiger partial charge in [0.05, 0.1) is 0 Å². The van der Waals surface area contributed by atoms with E-state index in [4.69, 9.17) is 5.73 Å². The molecule has 1 aromatic carbocycles. The van der Waals surface area contributed by atoms with Gasteiger partial charge in [0.15, 0.2) is 0 Å². The van der Waals surface area contributed by atoms with Crippen LogP contribution in [0, 0.1) is 0 Å². The molecule has 2 atom stereocenters. The van der Waals surface area contributed by atoms with E-state index in [1.807, 2.05) is 6.07 Å². The van der Waals surface area contributed by atoms with Crippen molar-refractivity contribution < 1.29 is 17.9 Å². The van der Waals surface area contributed by atoms with E-state index >= 15 is 0 Å². The summed E-state index contributed by atoms with van der Waals surface area (Å²) < 4.78 is 40.6. The molecule has 0 spiro atoms. The van der Waals surface area contributed by atoms with Crippen molar-refractivity contribution in [1.29, 1.82) is 0 Å². The number of hydrogen-bond acceptors (Lipinski definition) is 2. The Hall–Kier alpha value is -1.23. The molecule has 0 aliphatic heterocycles. The molecule has 0 bridgehead atoms. The number of rotatable bonds is 2. The van der Waals surface area contributed by atoms with Crippen molar-refractivity contribution in [2.75, 3.05) is 0 Å². The molecular formula is C14H18F3NO. The maximum Gasteiger partial charge on any atom is 0.573 e. The van der Waals surface area contributed by atoms with Crippen LogP contribution in [-0.2, 0) is 0 Å². The molecule has 0 aromatic heterocycles. The summed E-state index contributed by atoms with van der Waals surface area (Å²) in [6.07, 6.45) is 0.512. The van der Waals surface area contributed by atoms with Gasteiger partial charge in [-0.3, -0.25) is 0 Å². The summed E-state index contributed by atoms with van der Waals surface area (Å²) in [5.74, 6) is -0.0410. The van der Waals surface area contributed by atoms with Crippen molar-refractivity contribution in [3.63, 3.8) is 0 Å². The number of nitrogens with two attached hydrogens (primary N) is 1. The zero-order chi connectivity index (χ0) is 13.9. The molecule has 1 aromatic rings. The third kappa shape index (κ3) is 4.13. The lowest BCUT2D eigenvalue weighted by molar-refractivity contribution is -0.274. The van der Waals surface area contributed by atoms with Gasteiger partial charge in [0.1, 0.15) is 5.75 Å². The van der Waals surface area contributed by atoms with Gasteiger partial charge in [0.2, 0.25) is 0 Å². The molecule has 2 N–H and O–H groups in total. The van der Waals surface area contributed by atoms with Gasteiger partial charge in [-0.25, -0.2) is 0 Å². The Morgan fingerprint density at radius 2 is 1.84 bits per heavy atom. The molecule has 2 unspecified atom stereocenters. The van der Waals surface area contributed by atoms with Gasteiger partial charge in [-0.15, -0.1) is 13.2 Å². The Labute approximate surface area is 110 Å². The number of hydrogen-bond donors (Lipinski definition) is 1. The highest BCUT2D eigenvalue weighted by Crippen LogP contribution is 2.33. The van der Waals surface area contributed by atoms with Crippen LogP contribution in [0.15, 0.2) is 24.3 Å². The van der Waals surface area contributed by atoms with Crippen molar-refractivity contribution >= 4 is 0 Å². The Morgan fingerprint density at radius 3 is 2.58 bits per heavy atom. The van der Waals surface area contributed by atoms with Gasteiger partial charge in [0, 0.05) is 6.04 Å². The molecule has 1 saturated carbocycles. The second-order valence-electron chi connectivity index (χ2n) is 5.03. The molecule has 1 aliphatic rings. The summed E-state index contributed by atoms with van der Waals surface area (Å²) in [7, 11) is 0. The van der Waals surface area contributed by atoms with E-state index in [9.17, 15) is 13.2 Å². The monoisotopic (exact) mass is 273 g/mol. The quantitative estimate of drug-likeness (QED) is 0.828. The first-order valence-corrected chi connectivity index (χ1v) is 6.57. The highest BCUT2D eigenvalue weighted by Gasteiger charge is 2.31. The number of alkyl halides is 3. The van der Waals surface area contributed by atoms with Crippen LogP contribution < -0.4 is 10.5 Å². The number of benzene rings is 1. The Morgan fingerprint density at radius 1 is 1.11 bits per heavy atom. The summed E-state index contributed by atoms with van der Waals surface area (Å²) in [5, 5.41) is 0. The van der Waals surface area contributed by atoms with Crippen molar-refractivity contribution in [3.05, 3.63) is 29.8 Å². The van der Waals surface area contributed by atoms with Crippen molar-refractivity contribution in [3.8, 4) is 5.75 Å². The van der Waals surface area contributed by atoms with Crippen LogP contribution >= 0.6 is 0 Å². The molecule has 5 heteroatoms. The molecule has 1 aliphatic carbocycles. The van der Waals surface area contributed by atoms with Gasteiger partial charge in [0.25, 0.3) is 0 Å². The topological polar surface area (TPSA) is 35.2 Å². The minimum Gasteiger partial charge on any atom is -0.406 e. The average molecular weight is 273 g/mol. The van der Waals surface area contributed by atoms with E-state index in [0.29, 0.717) is 0 Å². The van der Waals surface area contributed by atoms with E-state index in [0.717, 1.165) is 37.7 Å². The third-order valence-corrected chi connectivity index (χ3v) is 3.59. The molecular weight excluding hydrogens is 255 g/mol. The molecule has 106 valence electrons. The number of halogens is 3. The fraction of sp³-hybridized carbons (Fsp3) is 0.571. The minimum absolute atomic E-state index is 0.0173. The maximum atomic E-state index is 12.2. The second-order valence-corrected chi connectivity index (χ2v) is 5.03. The first-order chi connectivity index (χ1) is 8.96. The summed E-state index contributed by atoms with van der Waals surface area (Å²) >= 11 is 0. The van der Waals surface area contributed by atoms with Crippen LogP contribution in [0.3, 0.4) is 0 Å². The molecule has 19 heavy (non-hydrogen) atoms. The van der Waals surface area contributed by atoms with Crippen LogP contribution in [0.2, 0.25) is 0 Å². The van der Waals surface area contributed by atoms with Crippen LogP contribution in [0.1, 0.15) is 43.6 Å². The smallest absolute Gasteiger partial charge is 0.406 e. The first-order valence-electron chi connectivity index (χ1n) is 6.57. The predicted octanol–water partition coefficient (Wildman–Crippen LogP) is 3.96. The Bertz CT molecular complexity index is 419. The fourth-order valence-corrected chi connectivity index (χ4v) is 2.69. The van der Waals surface area contributed by atoms with Gasteiger partial charge >= 0.3 is 6.36 Å². The van der Waals surface area contributed by atoms with Crippen LogP contribution in [0.25, 0.3) is 0 Å². The van der Waals surface area contributed by atoms with Gasteiger partial charge in [-0.1, -0.05) is 31.4 Å². The first kappa shape index (κ1) is 14.2. The van der Waals surface area contributed by atoms with Gasteiger partial charge in [-0.2, -0.15) is 0 Å². The lowest BCUT2D eigenvalue weighted by Crippen LogP contribution is -2.27. The average Bonchev–Trinajstić information content (AvgIpc) is 2.52. The SMILES string of the molecule is NC1CCCCCC1c1cccc(OC(F)(F)F)c1. The molecule has 0 saturated heterocycles. The lowest BCUT2D eigenvalue weighted by atomic mass is 9.88. The van der Waals surface area contributed by atoms with E-state index in [1.54, 1.807) is 6.07 Å². The Kier molecular flexibility index (Phi) is 4.34. The predicted molar refractivity (Wildman–Crippen MR) is 66.9 cm³/mol. The van der Waals surface area contributed by atoms with E-state index in [2.05, 4.69) is 4.74 Å². The number of ether oxygens (including phenoxy) is 1. The van der Waals surface area contributed by atoms with E-state index in [-0.39, 0.29) is 17.7 Å². The Balaban J connectivity index is 2.17. The normalized spacial score (nSPS) is 24.8. The highest BCUT2D eigenvalue weighted by atomic mass is 19.4. The zero-order valence-electron chi connectivity index (χ0n) is 10.6. The van der Waals surface area contributed by atoms with E-state index < -0.39 is 6.36 Å². The largest absolute Gasteiger partial charge is 0.573 e. The zero-order valence-corrected chi connectivity index (χ0v) is 10.6. The molecule has 0 amide bonds. The highest BCUT2D eigenvalue weighted by molar-refractivity contribution is 5.32. The summed E-state index contributed by atoms with van der Waals surface area (Å²) in [6, 6.07) is 6.22. The van der Waals surface area contributed by atoms with Crippen molar-refractivity contribution in [1.82, 2.24) is 0 Å². The summed E-state index contributed by atoms with van der Waals surface area (Å²) in [5.41, 5.74) is 6.97. The minimum atomic E-state index is -4.65. The van der Waals surface area contributed by atoms with Crippen LogP contribution in [0.5, 0.6) is 5.75 Å². The lowest BCUT2D eigenvalue weighted by Gasteiger charge is -2.22. The maximum absolute atomic E-state index is 12.2. The molecule has 2 nitrogen and oxygen atoms in total. The second kappa shape index (κ2) is 5.82. The molecule has 2 rings (SSSR count). The van der Waals surface area contributed by atoms with Crippen molar-refractivity contribution in [2.45, 2.75) is 50.4 Å². The molecule has 0 heterocycles. The van der Waals surface area contributed by atoms with Crippen LogP contribution in [0.4, 0.5) is 13.2 Å². The van der Waals surface area contributed by atoms with Gasteiger partial charge in [-0.05, 0) is 36.5 Å². The van der Waals surface area contributed by atoms with Gasteiger partial charge < -0.3 is 10.5 Å². The summed E-state index contributed by atoms with van der Waals surface area (Å²) in [6.45, 7) is 0. The fourth-order valence-electron chi connectivity index (χ4n) is 2.69. The molecule has 0 radical (unpaired) electrons. The third-order valence-electron chi connectivity index (χ3n) is 3.59.